The average Bonchev–Trinajstić information content (AvgIpc) is 2.41. The van der Waals surface area contributed by atoms with Gasteiger partial charge in [0.15, 0.2) is 0 Å². The zero-order valence-electron chi connectivity index (χ0n) is 10.3. The van der Waals surface area contributed by atoms with E-state index in [0.29, 0.717) is 10.7 Å². The van der Waals surface area contributed by atoms with Gasteiger partial charge in [-0.25, -0.2) is 9.78 Å². The van der Waals surface area contributed by atoms with Gasteiger partial charge in [-0.15, -0.1) is 0 Å². The summed E-state index contributed by atoms with van der Waals surface area (Å²) in [6.45, 7) is 0. The first kappa shape index (κ1) is 14.0. The molecule has 0 saturated carbocycles. The molecule has 0 fully saturated rings. The van der Waals surface area contributed by atoms with E-state index in [2.05, 4.69) is 10.3 Å². The molecule has 0 spiro atoms. The fourth-order valence-corrected chi connectivity index (χ4v) is 1.74. The van der Waals surface area contributed by atoms with Crippen LogP contribution in [0.3, 0.4) is 0 Å². The number of nitrogens with one attached hydrogen (secondary N) is 1. The Labute approximate surface area is 120 Å². The first-order chi connectivity index (χ1) is 9.54. The van der Waals surface area contributed by atoms with Crippen molar-refractivity contribution in [3.8, 4) is 0 Å². The van der Waals surface area contributed by atoms with Gasteiger partial charge in [0.2, 0.25) is 5.91 Å². The molecule has 5 nitrogen and oxygen atoms in total. The van der Waals surface area contributed by atoms with Crippen molar-refractivity contribution in [3.05, 3.63) is 58.9 Å². The monoisotopic (exact) mass is 290 g/mol. The third-order valence-corrected chi connectivity index (χ3v) is 2.79. The number of carboxylic acid groups (broad SMARTS) is 1. The number of aromatic nitrogens is 1. The summed E-state index contributed by atoms with van der Waals surface area (Å²) < 4.78 is 0. The van der Waals surface area contributed by atoms with Gasteiger partial charge in [0, 0.05) is 16.9 Å². The molecule has 0 atom stereocenters. The second kappa shape index (κ2) is 6.16. The van der Waals surface area contributed by atoms with Crippen molar-refractivity contribution in [2.24, 2.45) is 0 Å². The molecule has 1 amide bonds. The van der Waals surface area contributed by atoms with Gasteiger partial charge in [0.25, 0.3) is 0 Å². The van der Waals surface area contributed by atoms with E-state index in [4.69, 9.17) is 16.7 Å². The van der Waals surface area contributed by atoms with Crippen LogP contribution >= 0.6 is 11.6 Å². The summed E-state index contributed by atoms with van der Waals surface area (Å²) in [7, 11) is 0. The highest BCUT2D eigenvalue weighted by atomic mass is 35.5. The third-order valence-electron chi connectivity index (χ3n) is 2.54. The standard InChI is InChI=1S/C14H11ClN2O3/c15-10-3-1-9(2-4-10)7-13(18)17-11-5-6-16-12(8-11)14(19)20/h1-6,8H,7H2,(H,19,20)(H,16,17,18). The van der Waals surface area contributed by atoms with Crippen molar-refractivity contribution in [2.45, 2.75) is 6.42 Å². The van der Waals surface area contributed by atoms with Crippen LogP contribution in [0.2, 0.25) is 5.02 Å². The number of nitrogens with zero attached hydrogens (tertiary/aromatic N) is 1. The zero-order valence-corrected chi connectivity index (χ0v) is 11.1. The smallest absolute Gasteiger partial charge is 0.354 e. The molecule has 2 N–H and O–H groups in total. The van der Waals surface area contributed by atoms with Gasteiger partial charge in [-0.1, -0.05) is 23.7 Å². The molecule has 0 saturated heterocycles. The lowest BCUT2D eigenvalue weighted by atomic mass is 10.1. The van der Waals surface area contributed by atoms with Crippen molar-refractivity contribution in [1.29, 1.82) is 0 Å². The second-order valence-corrected chi connectivity index (χ2v) is 4.52. The number of carbonyl (C=O) groups excluding carboxylic acids is 1. The van der Waals surface area contributed by atoms with E-state index in [0.717, 1.165) is 5.56 Å². The Bertz CT molecular complexity index is 641. The minimum absolute atomic E-state index is 0.116. The number of benzene rings is 1. The zero-order chi connectivity index (χ0) is 14.5. The number of aromatic carboxylic acids is 1. The number of carbonyl (C=O) groups is 2. The molecular formula is C14H11ClN2O3. The highest BCUT2D eigenvalue weighted by Crippen LogP contribution is 2.12. The van der Waals surface area contributed by atoms with E-state index in [1.807, 2.05) is 0 Å². The summed E-state index contributed by atoms with van der Waals surface area (Å²) in [6, 6.07) is 9.78. The quantitative estimate of drug-likeness (QED) is 0.907. The molecule has 0 radical (unpaired) electrons. The number of hydrogen-bond acceptors (Lipinski definition) is 3. The van der Waals surface area contributed by atoms with Crippen LogP contribution in [0, 0.1) is 0 Å². The number of pyridine rings is 1. The van der Waals surface area contributed by atoms with Crippen LogP contribution in [-0.4, -0.2) is 22.0 Å². The van der Waals surface area contributed by atoms with Crippen molar-refractivity contribution in [1.82, 2.24) is 4.98 Å². The summed E-state index contributed by atoms with van der Waals surface area (Å²) >= 11 is 5.76. The number of amides is 1. The number of rotatable bonds is 4. The second-order valence-electron chi connectivity index (χ2n) is 4.09. The molecule has 1 aromatic heterocycles. The summed E-state index contributed by atoms with van der Waals surface area (Å²) in [4.78, 5) is 26.3. The van der Waals surface area contributed by atoms with Crippen molar-refractivity contribution in [3.63, 3.8) is 0 Å². The van der Waals surface area contributed by atoms with E-state index < -0.39 is 5.97 Å². The molecular weight excluding hydrogens is 280 g/mol. The lowest BCUT2D eigenvalue weighted by molar-refractivity contribution is -0.115. The van der Waals surface area contributed by atoms with Crippen LogP contribution in [0.15, 0.2) is 42.6 Å². The van der Waals surface area contributed by atoms with E-state index in [9.17, 15) is 9.59 Å². The molecule has 0 bridgehead atoms. The van der Waals surface area contributed by atoms with E-state index in [-0.39, 0.29) is 18.0 Å². The maximum atomic E-state index is 11.8. The Kier molecular flexibility index (Phi) is 4.32. The van der Waals surface area contributed by atoms with Gasteiger partial charge in [-0.3, -0.25) is 4.79 Å². The largest absolute Gasteiger partial charge is 0.477 e. The van der Waals surface area contributed by atoms with Gasteiger partial charge in [0.1, 0.15) is 5.69 Å². The van der Waals surface area contributed by atoms with Crippen molar-refractivity contribution >= 4 is 29.2 Å². The summed E-state index contributed by atoms with van der Waals surface area (Å²) in [5, 5.41) is 12.0. The molecule has 0 aliphatic carbocycles. The fourth-order valence-electron chi connectivity index (χ4n) is 1.62. The first-order valence-electron chi connectivity index (χ1n) is 5.78. The van der Waals surface area contributed by atoms with Gasteiger partial charge in [0.05, 0.1) is 6.42 Å². The Morgan fingerprint density at radius 3 is 2.55 bits per heavy atom. The van der Waals surface area contributed by atoms with Crippen molar-refractivity contribution in [2.75, 3.05) is 5.32 Å². The Hall–Kier alpha value is -2.40. The van der Waals surface area contributed by atoms with Crippen LogP contribution in [0.1, 0.15) is 16.1 Å². The Balaban J connectivity index is 2.02. The van der Waals surface area contributed by atoms with E-state index in [1.165, 1.54) is 18.3 Å². The highest BCUT2D eigenvalue weighted by molar-refractivity contribution is 6.30. The van der Waals surface area contributed by atoms with Gasteiger partial charge in [-0.05, 0) is 29.8 Å². The molecule has 0 aliphatic heterocycles. The van der Waals surface area contributed by atoms with Crippen LogP contribution in [-0.2, 0) is 11.2 Å². The maximum Gasteiger partial charge on any atom is 0.354 e. The normalized spacial score (nSPS) is 10.1. The minimum Gasteiger partial charge on any atom is -0.477 e. The van der Waals surface area contributed by atoms with E-state index in [1.54, 1.807) is 24.3 Å². The Morgan fingerprint density at radius 1 is 1.20 bits per heavy atom. The van der Waals surface area contributed by atoms with E-state index >= 15 is 0 Å². The van der Waals surface area contributed by atoms with Gasteiger partial charge in [-0.2, -0.15) is 0 Å². The minimum atomic E-state index is -1.14. The van der Waals surface area contributed by atoms with Crippen LogP contribution in [0.5, 0.6) is 0 Å². The number of halogens is 1. The van der Waals surface area contributed by atoms with Crippen LogP contribution in [0.25, 0.3) is 0 Å². The third kappa shape index (κ3) is 3.80. The average molecular weight is 291 g/mol. The highest BCUT2D eigenvalue weighted by Gasteiger charge is 2.08. The molecule has 0 unspecified atom stereocenters. The summed E-state index contributed by atoms with van der Waals surface area (Å²) in [5.74, 6) is -1.38. The van der Waals surface area contributed by atoms with Gasteiger partial charge < -0.3 is 10.4 Å². The fraction of sp³-hybridized carbons (Fsp3) is 0.0714. The molecule has 0 aliphatic rings. The van der Waals surface area contributed by atoms with Crippen LogP contribution < -0.4 is 5.32 Å². The molecule has 1 aromatic carbocycles. The van der Waals surface area contributed by atoms with Crippen molar-refractivity contribution < 1.29 is 14.7 Å². The number of hydrogen-bond donors (Lipinski definition) is 2. The molecule has 1 heterocycles. The molecule has 2 aromatic rings. The summed E-state index contributed by atoms with van der Waals surface area (Å²) in [6.07, 6.45) is 1.52. The van der Waals surface area contributed by atoms with Gasteiger partial charge >= 0.3 is 5.97 Å². The molecule has 6 heteroatoms. The lowest BCUT2D eigenvalue weighted by Crippen LogP contribution is -2.15. The lowest BCUT2D eigenvalue weighted by Gasteiger charge is -2.06. The maximum absolute atomic E-state index is 11.8. The predicted octanol–water partition coefficient (Wildman–Crippen LogP) is 2.61. The van der Waals surface area contributed by atoms with Crippen LogP contribution in [0.4, 0.5) is 5.69 Å². The SMILES string of the molecule is O=C(Cc1ccc(Cl)cc1)Nc1ccnc(C(=O)O)c1. The predicted molar refractivity (Wildman–Crippen MR) is 75.0 cm³/mol. The molecule has 2 rings (SSSR count). The first-order valence-corrected chi connectivity index (χ1v) is 6.16. The number of carboxylic acids is 1. The summed E-state index contributed by atoms with van der Waals surface area (Å²) in [5.41, 5.74) is 1.10. The molecule has 20 heavy (non-hydrogen) atoms. The topological polar surface area (TPSA) is 79.3 Å². The number of anilines is 1. The Morgan fingerprint density at radius 2 is 1.90 bits per heavy atom. The molecule has 102 valence electrons.